The molecule has 15 heavy (non-hydrogen) atoms. The maximum atomic E-state index is 5.84. The first kappa shape index (κ1) is 15.1. The van der Waals surface area contributed by atoms with Gasteiger partial charge in [-0.2, -0.15) is 0 Å². The van der Waals surface area contributed by atoms with Gasteiger partial charge in [-0.1, -0.05) is 13.8 Å². The molecule has 0 heterocycles. The predicted molar refractivity (Wildman–Crippen MR) is 65.7 cm³/mol. The molecule has 0 atom stereocenters. The maximum Gasteiger partial charge on any atom is 0.176 e. The first-order valence-corrected chi connectivity index (χ1v) is 8.23. The molecule has 0 aliphatic heterocycles. The lowest BCUT2D eigenvalue weighted by atomic mass is 10.4. The zero-order chi connectivity index (χ0) is 11.5. The highest BCUT2D eigenvalue weighted by Gasteiger charge is 2.10. The summed E-state index contributed by atoms with van der Waals surface area (Å²) < 4.78 is 16.7. The lowest BCUT2D eigenvalue weighted by molar-refractivity contribution is -0.143. The molecule has 0 aromatic carbocycles. The van der Waals surface area contributed by atoms with E-state index in [9.17, 15) is 0 Å². The van der Waals surface area contributed by atoms with Gasteiger partial charge in [0, 0.05) is 26.2 Å². The van der Waals surface area contributed by atoms with Gasteiger partial charge in [-0.15, -0.1) is 0 Å². The van der Waals surface area contributed by atoms with Crippen molar-refractivity contribution in [2.45, 2.75) is 52.5 Å². The molecule has 0 fully saturated rings. The molecule has 0 unspecified atom stereocenters. The van der Waals surface area contributed by atoms with E-state index in [1.807, 2.05) is 13.8 Å². The van der Waals surface area contributed by atoms with Gasteiger partial charge in [-0.05, 0) is 25.9 Å². The van der Waals surface area contributed by atoms with Crippen molar-refractivity contribution in [2.24, 2.45) is 0 Å². The van der Waals surface area contributed by atoms with E-state index in [1.165, 1.54) is 12.1 Å². The van der Waals surface area contributed by atoms with E-state index < -0.39 is 9.04 Å². The SMILES string of the molecule is CCOC(CCO[SiH](CC)CC)OCC. The van der Waals surface area contributed by atoms with Crippen molar-refractivity contribution in [1.29, 1.82) is 0 Å². The van der Waals surface area contributed by atoms with E-state index in [4.69, 9.17) is 13.9 Å². The van der Waals surface area contributed by atoms with Crippen LogP contribution in [-0.4, -0.2) is 35.2 Å². The third-order valence-electron chi connectivity index (χ3n) is 2.32. The molecule has 92 valence electrons. The number of hydrogen-bond donors (Lipinski definition) is 0. The summed E-state index contributed by atoms with van der Waals surface area (Å²) in [4.78, 5) is 0. The summed E-state index contributed by atoms with van der Waals surface area (Å²) >= 11 is 0. The van der Waals surface area contributed by atoms with Crippen LogP contribution in [0.5, 0.6) is 0 Å². The third-order valence-corrected chi connectivity index (χ3v) is 4.85. The summed E-state index contributed by atoms with van der Waals surface area (Å²) in [6.07, 6.45) is 0.772. The molecule has 0 aromatic heterocycles. The second-order valence-corrected chi connectivity index (χ2v) is 6.65. The van der Waals surface area contributed by atoms with Crippen LogP contribution in [-0.2, 0) is 13.9 Å². The Morgan fingerprint density at radius 2 is 1.47 bits per heavy atom. The van der Waals surface area contributed by atoms with Crippen LogP contribution in [0.1, 0.15) is 34.1 Å². The minimum absolute atomic E-state index is 0.0802. The van der Waals surface area contributed by atoms with Gasteiger partial charge in [0.25, 0.3) is 0 Å². The number of ether oxygens (including phenoxy) is 2. The maximum absolute atomic E-state index is 5.84. The minimum atomic E-state index is -0.902. The highest BCUT2D eigenvalue weighted by atomic mass is 28.3. The smallest absolute Gasteiger partial charge is 0.176 e. The monoisotopic (exact) mass is 234 g/mol. The number of rotatable bonds is 10. The van der Waals surface area contributed by atoms with Gasteiger partial charge in [0.05, 0.1) is 0 Å². The first-order chi connectivity index (χ1) is 7.28. The molecule has 0 aromatic rings. The predicted octanol–water partition coefficient (Wildman–Crippen LogP) is 2.56. The van der Waals surface area contributed by atoms with Crippen molar-refractivity contribution >= 4 is 9.04 Å². The summed E-state index contributed by atoms with van der Waals surface area (Å²) in [6, 6.07) is 2.43. The molecule has 0 bridgehead atoms. The molecule has 3 nitrogen and oxygen atoms in total. The molecular formula is C11H26O3Si. The van der Waals surface area contributed by atoms with Crippen molar-refractivity contribution in [1.82, 2.24) is 0 Å². The Bertz CT molecular complexity index is 123. The Kier molecular flexibility index (Phi) is 10.7. The van der Waals surface area contributed by atoms with Crippen molar-refractivity contribution in [3.63, 3.8) is 0 Å². The Labute approximate surface area is 95.8 Å². The average Bonchev–Trinajstić information content (AvgIpc) is 2.25. The Balaban J connectivity index is 3.59. The molecule has 0 aliphatic rings. The third kappa shape index (κ3) is 7.96. The summed E-state index contributed by atoms with van der Waals surface area (Å²) in [6.45, 7) is 10.6. The van der Waals surface area contributed by atoms with Gasteiger partial charge in [0.15, 0.2) is 15.3 Å². The highest BCUT2D eigenvalue weighted by molar-refractivity contribution is 6.51. The van der Waals surface area contributed by atoms with E-state index >= 15 is 0 Å². The van der Waals surface area contributed by atoms with Crippen LogP contribution >= 0.6 is 0 Å². The molecule has 0 saturated carbocycles. The summed E-state index contributed by atoms with van der Waals surface area (Å²) in [5.74, 6) is 0. The largest absolute Gasteiger partial charge is 0.420 e. The minimum Gasteiger partial charge on any atom is -0.420 e. The Morgan fingerprint density at radius 3 is 1.87 bits per heavy atom. The van der Waals surface area contributed by atoms with Crippen LogP contribution < -0.4 is 0 Å². The van der Waals surface area contributed by atoms with Crippen LogP contribution in [0.2, 0.25) is 12.1 Å². The van der Waals surface area contributed by atoms with Crippen molar-refractivity contribution in [3.05, 3.63) is 0 Å². The second kappa shape index (κ2) is 10.6. The van der Waals surface area contributed by atoms with Gasteiger partial charge in [-0.3, -0.25) is 0 Å². The van der Waals surface area contributed by atoms with Gasteiger partial charge >= 0.3 is 0 Å². The topological polar surface area (TPSA) is 27.7 Å². The summed E-state index contributed by atoms with van der Waals surface area (Å²) in [7, 11) is -0.902. The Morgan fingerprint density at radius 1 is 0.933 bits per heavy atom. The van der Waals surface area contributed by atoms with Gasteiger partial charge in [0.2, 0.25) is 0 Å². The fraction of sp³-hybridized carbons (Fsp3) is 1.00. The van der Waals surface area contributed by atoms with Gasteiger partial charge in [-0.25, -0.2) is 0 Å². The van der Waals surface area contributed by atoms with Gasteiger partial charge in [0.1, 0.15) is 0 Å². The lowest BCUT2D eigenvalue weighted by Gasteiger charge is -2.18. The van der Waals surface area contributed by atoms with E-state index in [2.05, 4.69) is 13.8 Å². The van der Waals surface area contributed by atoms with Crippen LogP contribution in [0.4, 0.5) is 0 Å². The molecule has 0 rings (SSSR count). The number of hydrogen-bond acceptors (Lipinski definition) is 3. The standard InChI is InChI=1S/C11H26O3Si/c1-5-12-11(13-6-2)9-10-14-15(7-3)8-4/h11,15H,5-10H2,1-4H3. The summed E-state index contributed by atoms with van der Waals surface area (Å²) in [5.41, 5.74) is 0. The van der Waals surface area contributed by atoms with Crippen LogP contribution in [0.25, 0.3) is 0 Å². The van der Waals surface area contributed by atoms with Crippen molar-refractivity contribution in [2.75, 3.05) is 19.8 Å². The zero-order valence-corrected chi connectivity index (χ0v) is 11.8. The molecule has 0 amide bonds. The van der Waals surface area contributed by atoms with Crippen molar-refractivity contribution in [3.8, 4) is 0 Å². The van der Waals surface area contributed by atoms with Crippen LogP contribution in [0.15, 0.2) is 0 Å². The highest BCUT2D eigenvalue weighted by Crippen LogP contribution is 2.05. The zero-order valence-electron chi connectivity index (χ0n) is 10.6. The molecule has 0 saturated heterocycles. The van der Waals surface area contributed by atoms with Crippen LogP contribution in [0.3, 0.4) is 0 Å². The molecule has 0 spiro atoms. The fourth-order valence-electron chi connectivity index (χ4n) is 1.44. The Hall–Kier alpha value is 0.0969. The molecule has 0 N–H and O–H groups in total. The van der Waals surface area contributed by atoms with E-state index in [0.29, 0.717) is 13.2 Å². The first-order valence-electron chi connectivity index (χ1n) is 6.13. The normalized spacial score (nSPS) is 11.6. The molecule has 4 heteroatoms. The average molecular weight is 234 g/mol. The lowest BCUT2D eigenvalue weighted by Crippen LogP contribution is -2.23. The fourth-order valence-corrected chi connectivity index (χ4v) is 2.96. The van der Waals surface area contributed by atoms with E-state index in [0.717, 1.165) is 13.0 Å². The second-order valence-electron chi connectivity index (χ2n) is 3.44. The summed E-state index contributed by atoms with van der Waals surface area (Å²) in [5, 5.41) is 0. The van der Waals surface area contributed by atoms with E-state index in [1.54, 1.807) is 0 Å². The van der Waals surface area contributed by atoms with Crippen molar-refractivity contribution < 1.29 is 13.9 Å². The van der Waals surface area contributed by atoms with Gasteiger partial charge < -0.3 is 13.9 Å². The molecule has 0 aliphatic carbocycles. The quantitative estimate of drug-likeness (QED) is 0.429. The van der Waals surface area contributed by atoms with Crippen LogP contribution in [0, 0.1) is 0 Å². The van der Waals surface area contributed by atoms with E-state index in [-0.39, 0.29) is 6.29 Å². The molecule has 0 radical (unpaired) electrons. The molecular weight excluding hydrogens is 208 g/mol.